The van der Waals surface area contributed by atoms with Crippen molar-refractivity contribution in [3.05, 3.63) is 65.3 Å². The van der Waals surface area contributed by atoms with Crippen LogP contribution in [0.1, 0.15) is 16.2 Å². The summed E-state index contributed by atoms with van der Waals surface area (Å²) in [4.78, 5) is 20.2. The molecule has 0 aromatic carbocycles. The van der Waals surface area contributed by atoms with Crippen LogP contribution in [-0.2, 0) is 6.54 Å². The summed E-state index contributed by atoms with van der Waals surface area (Å²) < 4.78 is 1.82. The van der Waals surface area contributed by atoms with Gasteiger partial charge in [-0.2, -0.15) is 0 Å². The number of halogens is 1. The largest absolute Gasteiger partial charge is 0.345 e. The number of nitrogens with one attached hydrogen (secondary N) is 1. The van der Waals surface area contributed by atoms with Crippen molar-refractivity contribution in [2.45, 2.75) is 6.54 Å². The maximum atomic E-state index is 11.9. The highest BCUT2D eigenvalue weighted by Gasteiger charge is 2.07. The molecule has 0 unspecified atom stereocenters. The van der Waals surface area contributed by atoms with Gasteiger partial charge in [0.15, 0.2) is 0 Å². The minimum Gasteiger partial charge on any atom is -0.345 e. The standard InChI is InChI=1S/C14H11ClN4O/c15-10-4-5-13-18-11(9-19(13)8-10)7-17-14(20)12-3-1-2-6-16-12/h1-6,8-9H,7H2,(H,17,20). The summed E-state index contributed by atoms with van der Waals surface area (Å²) in [6.45, 7) is 0.342. The van der Waals surface area contributed by atoms with Crippen molar-refractivity contribution >= 4 is 23.2 Å². The van der Waals surface area contributed by atoms with Crippen molar-refractivity contribution in [3.63, 3.8) is 0 Å². The second kappa shape index (κ2) is 5.30. The van der Waals surface area contributed by atoms with Gasteiger partial charge in [0.1, 0.15) is 11.3 Å². The smallest absolute Gasteiger partial charge is 0.270 e. The van der Waals surface area contributed by atoms with Crippen LogP contribution in [-0.4, -0.2) is 20.3 Å². The highest BCUT2D eigenvalue weighted by molar-refractivity contribution is 6.30. The van der Waals surface area contributed by atoms with Gasteiger partial charge in [0.05, 0.1) is 17.3 Å². The van der Waals surface area contributed by atoms with Crippen LogP contribution in [0.15, 0.2) is 48.9 Å². The molecule has 0 aliphatic rings. The maximum Gasteiger partial charge on any atom is 0.270 e. The summed E-state index contributed by atoms with van der Waals surface area (Å²) in [6.07, 6.45) is 5.19. The monoisotopic (exact) mass is 286 g/mol. The first kappa shape index (κ1) is 12.6. The van der Waals surface area contributed by atoms with E-state index >= 15 is 0 Å². The number of hydrogen-bond donors (Lipinski definition) is 1. The SMILES string of the molecule is O=C(NCc1cn2cc(Cl)ccc2n1)c1ccccn1. The van der Waals surface area contributed by atoms with E-state index in [0.717, 1.165) is 11.3 Å². The lowest BCUT2D eigenvalue weighted by molar-refractivity contribution is 0.0945. The average molecular weight is 287 g/mol. The Balaban J connectivity index is 1.72. The van der Waals surface area contributed by atoms with Gasteiger partial charge in [-0.25, -0.2) is 4.98 Å². The Bertz CT molecular complexity index is 754. The first-order chi connectivity index (χ1) is 9.72. The predicted octanol–water partition coefficient (Wildman–Crippen LogP) is 2.31. The van der Waals surface area contributed by atoms with Gasteiger partial charge in [0, 0.05) is 18.6 Å². The molecule has 0 bridgehead atoms. The molecule has 5 nitrogen and oxygen atoms in total. The van der Waals surface area contributed by atoms with E-state index in [1.54, 1.807) is 36.7 Å². The third kappa shape index (κ3) is 2.62. The lowest BCUT2D eigenvalue weighted by Crippen LogP contribution is -2.23. The molecule has 100 valence electrons. The van der Waals surface area contributed by atoms with E-state index in [1.807, 2.05) is 16.7 Å². The second-order valence-electron chi connectivity index (χ2n) is 4.24. The number of carbonyl (C=O) groups is 1. The fourth-order valence-electron chi connectivity index (χ4n) is 1.86. The summed E-state index contributed by atoms with van der Waals surface area (Å²) >= 11 is 5.91. The zero-order chi connectivity index (χ0) is 13.9. The molecule has 0 radical (unpaired) electrons. The highest BCUT2D eigenvalue weighted by atomic mass is 35.5. The number of fused-ring (bicyclic) bond motifs is 1. The maximum absolute atomic E-state index is 11.9. The fourth-order valence-corrected chi connectivity index (χ4v) is 2.03. The zero-order valence-corrected chi connectivity index (χ0v) is 11.2. The number of nitrogens with zero attached hydrogens (tertiary/aromatic N) is 3. The Labute approximate surface area is 120 Å². The molecule has 1 amide bonds. The number of hydrogen-bond acceptors (Lipinski definition) is 3. The van der Waals surface area contributed by atoms with Crippen LogP contribution >= 0.6 is 11.6 Å². The molecule has 0 saturated carbocycles. The van der Waals surface area contributed by atoms with Crippen LogP contribution in [0.5, 0.6) is 0 Å². The van der Waals surface area contributed by atoms with Crippen molar-refractivity contribution < 1.29 is 4.79 Å². The first-order valence-electron chi connectivity index (χ1n) is 6.05. The van der Waals surface area contributed by atoms with E-state index in [1.165, 1.54) is 0 Å². The molecular formula is C14H11ClN4O. The van der Waals surface area contributed by atoms with Crippen LogP contribution in [0.3, 0.4) is 0 Å². The molecule has 0 saturated heterocycles. The molecule has 0 atom stereocenters. The summed E-state index contributed by atoms with van der Waals surface area (Å²) in [7, 11) is 0. The van der Waals surface area contributed by atoms with Gasteiger partial charge in [0.2, 0.25) is 0 Å². The first-order valence-corrected chi connectivity index (χ1v) is 6.42. The highest BCUT2D eigenvalue weighted by Crippen LogP contribution is 2.11. The number of rotatable bonds is 3. The Hall–Kier alpha value is -2.40. The van der Waals surface area contributed by atoms with Crippen molar-refractivity contribution in [2.24, 2.45) is 0 Å². The average Bonchev–Trinajstić information content (AvgIpc) is 2.87. The van der Waals surface area contributed by atoms with E-state index in [-0.39, 0.29) is 5.91 Å². The fraction of sp³-hybridized carbons (Fsp3) is 0.0714. The Morgan fingerprint density at radius 3 is 2.95 bits per heavy atom. The molecule has 3 aromatic heterocycles. The van der Waals surface area contributed by atoms with Crippen LogP contribution in [0.4, 0.5) is 0 Å². The van der Waals surface area contributed by atoms with Gasteiger partial charge >= 0.3 is 0 Å². The molecular weight excluding hydrogens is 276 g/mol. The van der Waals surface area contributed by atoms with Crippen molar-refractivity contribution in [1.82, 2.24) is 19.7 Å². The van der Waals surface area contributed by atoms with Crippen LogP contribution < -0.4 is 5.32 Å². The number of amides is 1. The summed E-state index contributed by atoms with van der Waals surface area (Å²) in [6, 6.07) is 8.81. The van der Waals surface area contributed by atoms with Gasteiger partial charge in [0.25, 0.3) is 5.91 Å². The van der Waals surface area contributed by atoms with E-state index in [4.69, 9.17) is 11.6 Å². The summed E-state index contributed by atoms with van der Waals surface area (Å²) in [5.41, 5.74) is 1.94. The van der Waals surface area contributed by atoms with E-state index in [9.17, 15) is 4.79 Å². The molecule has 3 heterocycles. The number of aromatic nitrogens is 3. The minimum atomic E-state index is -0.222. The topological polar surface area (TPSA) is 59.3 Å². The Morgan fingerprint density at radius 1 is 1.25 bits per heavy atom. The van der Waals surface area contributed by atoms with Gasteiger partial charge in [-0.3, -0.25) is 9.78 Å². The van der Waals surface area contributed by atoms with Gasteiger partial charge in [-0.05, 0) is 24.3 Å². The molecule has 20 heavy (non-hydrogen) atoms. The normalized spacial score (nSPS) is 10.7. The van der Waals surface area contributed by atoms with E-state index in [2.05, 4.69) is 15.3 Å². The molecule has 0 aliphatic carbocycles. The molecule has 1 N–H and O–H groups in total. The van der Waals surface area contributed by atoms with E-state index < -0.39 is 0 Å². The van der Waals surface area contributed by atoms with Gasteiger partial charge in [-0.15, -0.1) is 0 Å². The molecule has 6 heteroatoms. The summed E-state index contributed by atoms with van der Waals surface area (Å²) in [5, 5.41) is 3.42. The second-order valence-corrected chi connectivity index (χ2v) is 4.68. The third-order valence-corrected chi connectivity index (χ3v) is 3.02. The lowest BCUT2D eigenvalue weighted by Gasteiger charge is -2.01. The van der Waals surface area contributed by atoms with Crippen molar-refractivity contribution in [2.75, 3.05) is 0 Å². The number of carbonyl (C=O) groups excluding carboxylic acids is 1. The van der Waals surface area contributed by atoms with Crippen LogP contribution in [0.2, 0.25) is 5.02 Å². The molecule has 0 fully saturated rings. The van der Waals surface area contributed by atoms with Crippen LogP contribution in [0.25, 0.3) is 5.65 Å². The molecule has 3 rings (SSSR count). The van der Waals surface area contributed by atoms with Crippen LogP contribution in [0, 0.1) is 0 Å². The zero-order valence-electron chi connectivity index (χ0n) is 10.5. The van der Waals surface area contributed by atoms with Gasteiger partial charge in [-0.1, -0.05) is 17.7 Å². The van der Waals surface area contributed by atoms with Crippen molar-refractivity contribution in [1.29, 1.82) is 0 Å². The predicted molar refractivity (Wildman–Crippen MR) is 75.6 cm³/mol. The summed E-state index contributed by atoms with van der Waals surface area (Å²) in [5.74, 6) is -0.222. The minimum absolute atomic E-state index is 0.222. The van der Waals surface area contributed by atoms with Gasteiger partial charge < -0.3 is 9.72 Å². The number of imidazole rings is 1. The lowest BCUT2D eigenvalue weighted by atomic mass is 10.3. The quantitative estimate of drug-likeness (QED) is 0.804. The van der Waals surface area contributed by atoms with E-state index in [0.29, 0.717) is 17.3 Å². The molecule has 3 aromatic rings. The number of pyridine rings is 2. The molecule has 0 aliphatic heterocycles. The Kier molecular flexibility index (Phi) is 3.35. The Morgan fingerprint density at radius 2 is 2.15 bits per heavy atom. The third-order valence-electron chi connectivity index (χ3n) is 2.79. The molecule has 0 spiro atoms. The van der Waals surface area contributed by atoms with Crippen molar-refractivity contribution in [3.8, 4) is 0 Å².